The summed E-state index contributed by atoms with van der Waals surface area (Å²) < 4.78 is 0. The molecule has 0 aromatic heterocycles. The van der Waals surface area contributed by atoms with Gasteiger partial charge in [-0.3, -0.25) is 4.79 Å². The van der Waals surface area contributed by atoms with E-state index in [0.717, 1.165) is 11.3 Å². The highest BCUT2D eigenvalue weighted by molar-refractivity contribution is 8.15. The maximum atomic E-state index is 10.9. The summed E-state index contributed by atoms with van der Waals surface area (Å²) in [6.07, 6.45) is 2.86. The third kappa shape index (κ3) is 4.72. The lowest BCUT2D eigenvalue weighted by Crippen LogP contribution is -2.19. The number of carbonyl (C=O) groups excluding carboxylic acids is 1. The van der Waals surface area contributed by atoms with Crippen LogP contribution in [0.5, 0.6) is 0 Å². The lowest BCUT2D eigenvalue weighted by Gasteiger charge is -1.99. The second-order valence-corrected chi connectivity index (χ2v) is 6.04. The highest BCUT2D eigenvalue weighted by Gasteiger charge is 2.15. The molecule has 0 spiro atoms. The number of nitrogens with zero attached hydrogens (tertiary/aromatic N) is 2. The Kier molecular flexibility index (Phi) is 5.47. The first kappa shape index (κ1) is 14.1. The quantitative estimate of drug-likeness (QED) is 0.516. The average molecular weight is 293 g/mol. The van der Waals surface area contributed by atoms with Crippen molar-refractivity contribution in [3.05, 3.63) is 29.8 Å². The topological polar surface area (TPSA) is 53.8 Å². The van der Waals surface area contributed by atoms with E-state index in [1.54, 1.807) is 6.21 Å². The van der Waals surface area contributed by atoms with Gasteiger partial charge in [-0.1, -0.05) is 30.8 Å². The Labute approximate surface area is 121 Å². The smallest absolute Gasteiger partial charge is 0.236 e. The molecule has 1 aliphatic rings. The van der Waals surface area contributed by atoms with Crippen LogP contribution in [0, 0.1) is 0 Å². The summed E-state index contributed by atoms with van der Waals surface area (Å²) in [6.45, 7) is 2.17. The Balaban J connectivity index is 1.90. The van der Waals surface area contributed by atoms with Crippen LogP contribution in [0.25, 0.3) is 0 Å². The van der Waals surface area contributed by atoms with Crippen LogP contribution in [-0.2, 0) is 4.79 Å². The van der Waals surface area contributed by atoms with Gasteiger partial charge in [-0.2, -0.15) is 5.10 Å². The van der Waals surface area contributed by atoms with E-state index in [0.29, 0.717) is 10.9 Å². The molecule has 1 fully saturated rings. The summed E-state index contributed by atoms with van der Waals surface area (Å²) in [5.74, 6) is 1.55. The number of carbonyl (C=O) groups is 1. The second kappa shape index (κ2) is 7.35. The molecule has 1 aliphatic heterocycles. The molecular weight excluding hydrogens is 278 g/mol. The van der Waals surface area contributed by atoms with Gasteiger partial charge in [-0.25, -0.2) is 0 Å². The lowest BCUT2D eigenvalue weighted by molar-refractivity contribution is -0.116. The monoisotopic (exact) mass is 293 g/mol. The van der Waals surface area contributed by atoms with E-state index in [9.17, 15) is 4.79 Å². The van der Waals surface area contributed by atoms with Gasteiger partial charge in [0.05, 0.1) is 12.0 Å². The molecule has 0 radical (unpaired) electrons. The SMILES string of the molecule is CCCSc1ccc(C=NN=C2NC(=O)CS2)cc1. The van der Waals surface area contributed by atoms with E-state index in [2.05, 4.69) is 34.6 Å². The summed E-state index contributed by atoms with van der Waals surface area (Å²) in [6, 6.07) is 8.20. The van der Waals surface area contributed by atoms with Crippen LogP contribution in [0.15, 0.2) is 39.4 Å². The molecule has 2 rings (SSSR count). The van der Waals surface area contributed by atoms with Crippen LogP contribution in [0.1, 0.15) is 18.9 Å². The van der Waals surface area contributed by atoms with Gasteiger partial charge in [0.1, 0.15) is 0 Å². The van der Waals surface area contributed by atoms with Gasteiger partial charge in [0, 0.05) is 4.90 Å². The number of hydrogen-bond acceptors (Lipinski definition) is 5. The van der Waals surface area contributed by atoms with Crippen molar-refractivity contribution in [1.82, 2.24) is 5.32 Å². The van der Waals surface area contributed by atoms with Crippen molar-refractivity contribution in [2.45, 2.75) is 18.2 Å². The van der Waals surface area contributed by atoms with Crippen LogP contribution in [0.3, 0.4) is 0 Å². The van der Waals surface area contributed by atoms with Crippen molar-refractivity contribution in [2.75, 3.05) is 11.5 Å². The third-order valence-electron chi connectivity index (χ3n) is 2.29. The minimum Gasteiger partial charge on any atom is -0.303 e. The predicted molar refractivity (Wildman–Crippen MR) is 83.1 cm³/mol. The van der Waals surface area contributed by atoms with E-state index in [4.69, 9.17) is 0 Å². The number of thioether (sulfide) groups is 2. The largest absolute Gasteiger partial charge is 0.303 e. The Morgan fingerprint density at radius 3 is 2.84 bits per heavy atom. The Hall–Kier alpha value is -1.27. The first-order chi connectivity index (χ1) is 9.28. The van der Waals surface area contributed by atoms with Gasteiger partial charge in [0.15, 0.2) is 5.17 Å². The van der Waals surface area contributed by atoms with Gasteiger partial charge < -0.3 is 5.32 Å². The van der Waals surface area contributed by atoms with Gasteiger partial charge in [0.25, 0.3) is 0 Å². The van der Waals surface area contributed by atoms with Crippen molar-refractivity contribution < 1.29 is 4.79 Å². The Morgan fingerprint density at radius 1 is 1.42 bits per heavy atom. The molecular formula is C13H15N3OS2. The molecule has 0 atom stereocenters. The van der Waals surface area contributed by atoms with Crippen LogP contribution in [0.4, 0.5) is 0 Å². The molecule has 1 heterocycles. The van der Waals surface area contributed by atoms with E-state index < -0.39 is 0 Å². The van der Waals surface area contributed by atoms with Crippen molar-refractivity contribution in [3.8, 4) is 0 Å². The molecule has 0 unspecified atom stereocenters. The molecule has 19 heavy (non-hydrogen) atoms. The standard InChI is InChI=1S/C13H15N3OS2/c1-2-7-18-11-5-3-10(4-6-11)8-14-16-13-15-12(17)9-19-13/h3-6,8H,2,7,9H2,1H3,(H,15,16,17). The van der Waals surface area contributed by atoms with Crippen LogP contribution < -0.4 is 5.32 Å². The summed E-state index contributed by atoms with van der Waals surface area (Å²) in [5.41, 5.74) is 1.000. The van der Waals surface area contributed by atoms with Crippen LogP contribution in [-0.4, -0.2) is 28.8 Å². The lowest BCUT2D eigenvalue weighted by atomic mass is 10.2. The first-order valence-corrected chi connectivity index (χ1v) is 8.01. The highest BCUT2D eigenvalue weighted by atomic mass is 32.2. The summed E-state index contributed by atoms with van der Waals surface area (Å²) >= 11 is 3.22. The number of hydrogen-bond donors (Lipinski definition) is 1. The normalized spacial score (nSPS) is 17.3. The molecule has 1 saturated heterocycles. The van der Waals surface area contributed by atoms with Gasteiger partial charge >= 0.3 is 0 Å². The number of nitrogens with one attached hydrogen (secondary N) is 1. The molecule has 4 nitrogen and oxygen atoms in total. The molecule has 100 valence electrons. The number of benzene rings is 1. The molecule has 0 saturated carbocycles. The Morgan fingerprint density at radius 2 is 2.21 bits per heavy atom. The molecule has 1 aromatic carbocycles. The number of amides is 1. The van der Waals surface area contributed by atoms with E-state index in [1.807, 2.05) is 23.9 Å². The maximum absolute atomic E-state index is 10.9. The average Bonchev–Trinajstić information content (AvgIpc) is 2.84. The van der Waals surface area contributed by atoms with Crippen molar-refractivity contribution in [1.29, 1.82) is 0 Å². The molecule has 0 bridgehead atoms. The molecule has 6 heteroatoms. The summed E-state index contributed by atoms with van der Waals surface area (Å²) in [5, 5.41) is 11.1. The third-order valence-corrected chi connectivity index (χ3v) is 4.38. The zero-order chi connectivity index (χ0) is 13.5. The molecule has 1 amide bonds. The van der Waals surface area contributed by atoms with Crippen molar-refractivity contribution in [3.63, 3.8) is 0 Å². The highest BCUT2D eigenvalue weighted by Crippen LogP contribution is 2.18. The first-order valence-electron chi connectivity index (χ1n) is 6.04. The fourth-order valence-electron chi connectivity index (χ4n) is 1.40. The second-order valence-electron chi connectivity index (χ2n) is 3.90. The van der Waals surface area contributed by atoms with Gasteiger partial charge in [-0.05, 0) is 29.9 Å². The zero-order valence-electron chi connectivity index (χ0n) is 10.6. The van der Waals surface area contributed by atoms with E-state index in [1.165, 1.54) is 23.1 Å². The molecule has 0 aliphatic carbocycles. The maximum Gasteiger partial charge on any atom is 0.236 e. The van der Waals surface area contributed by atoms with Gasteiger partial charge in [-0.15, -0.1) is 16.9 Å². The fourth-order valence-corrected chi connectivity index (χ4v) is 2.80. The van der Waals surface area contributed by atoms with Crippen LogP contribution in [0.2, 0.25) is 0 Å². The molecule has 1 N–H and O–H groups in total. The van der Waals surface area contributed by atoms with E-state index in [-0.39, 0.29) is 5.91 Å². The predicted octanol–water partition coefficient (Wildman–Crippen LogP) is 2.74. The molecule has 1 aromatic rings. The number of amidine groups is 1. The minimum absolute atomic E-state index is 0.0174. The number of rotatable bonds is 5. The summed E-state index contributed by atoms with van der Waals surface area (Å²) in [4.78, 5) is 12.2. The zero-order valence-corrected chi connectivity index (χ0v) is 12.3. The van der Waals surface area contributed by atoms with Crippen molar-refractivity contribution >= 4 is 40.8 Å². The van der Waals surface area contributed by atoms with E-state index >= 15 is 0 Å². The fraction of sp³-hybridized carbons (Fsp3) is 0.308. The summed E-state index contributed by atoms with van der Waals surface area (Å²) in [7, 11) is 0. The minimum atomic E-state index is -0.0174. The van der Waals surface area contributed by atoms with Crippen molar-refractivity contribution in [2.24, 2.45) is 10.2 Å². The van der Waals surface area contributed by atoms with Crippen LogP contribution >= 0.6 is 23.5 Å². The Bertz CT molecular complexity index is 497. The van der Waals surface area contributed by atoms with Gasteiger partial charge in [0.2, 0.25) is 5.91 Å².